The van der Waals surface area contributed by atoms with Crippen LogP contribution in [0.1, 0.15) is 61.0 Å². The van der Waals surface area contributed by atoms with Crippen molar-refractivity contribution < 1.29 is 34.1 Å². The van der Waals surface area contributed by atoms with E-state index in [1.165, 1.54) is 25.9 Å². The van der Waals surface area contributed by atoms with E-state index in [1.54, 1.807) is 12.1 Å². The molecule has 3 rings (SSSR count). The molecule has 41 heavy (non-hydrogen) atoms. The van der Waals surface area contributed by atoms with Crippen molar-refractivity contribution in [2.45, 2.75) is 58.9 Å². The average Bonchev–Trinajstić information content (AvgIpc) is 3.47. The molecule has 2 aromatic rings. The van der Waals surface area contributed by atoms with Crippen LogP contribution in [0, 0.1) is 6.92 Å². The predicted octanol–water partition coefficient (Wildman–Crippen LogP) is 3.61. The van der Waals surface area contributed by atoms with Gasteiger partial charge in [-0.3, -0.25) is 14.5 Å². The van der Waals surface area contributed by atoms with Crippen molar-refractivity contribution in [1.82, 2.24) is 15.1 Å². The Hall–Kier alpha value is -3.92. The third-order valence-electron chi connectivity index (χ3n) is 6.64. The van der Waals surface area contributed by atoms with Crippen molar-refractivity contribution in [3.63, 3.8) is 0 Å². The molecule has 2 aromatic carbocycles. The normalized spacial score (nSPS) is 13.4. The van der Waals surface area contributed by atoms with Gasteiger partial charge in [-0.1, -0.05) is 43.7 Å². The summed E-state index contributed by atoms with van der Waals surface area (Å²) in [5, 5.41) is 17.8. The number of aliphatic carboxylic acids is 2. The molecule has 1 unspecified atom stereocenters. The summed E-state index contributed by atoms with van der Waals surface area (Å²) in [6.07, 6.45) is 4.77. The summed E-state index contributed by atoms with van der Waals surface area (Å²) >= 11 is 0. The Morgan fingerprint density at radius 3 is 1.98 bits per heavy atom. The molecule has 0 spiro atoms. The molecule has 1 aliphatic heterocycles. The molecule has 0 bridgehead atoms. The van der Waals surface area contributed by atoms with Crippen LogP contribution in [0.4, 0.5) is 0 Å². The fourth-order valence-electron chi connectivity index (χ4n) is 4.50. The predicted molar refractivity (Wildman–Crippen MR) is 156 cm³/mol. The van der Waals surface area contributed by atoms with Gasteiger partial charge in [-0.05, 0) is 75.5 Å². The van der Waals surface area contributed by atoms with Crippen LogP contribution < -0.4 is 10.1 Å². The second-order valence-corrected chi connectivity index (χ2v) is 10.1. The molecule has 1 saturated heterocycles. The van der Waals surface area contributed by atoms with Gasteiger partial charge in [-0.15, -0.1) is 0 Å². The number of hydrogen-bond acceptors (Lipinski definition) is 6. The molecule has 0 saturated carbocycles. The number of rotatable bonds is 13. The molecule has 3 N–H and O–H groups in total. The van der Waals surface area contributed by atoms with E-state index in [1.807, 2.05) is 48.2 Å². The van der Waals surface area contributed by atoms with Gasteiger partial charge in [-0.25, -0.2) is 9.59 Å². The lowest BCUT2D eigenvalue weighted by atomic mass is 10.0. The second-order valence-electron chi connectivity index (χ2n) is 10.1. The quantitative estimate of drug-likeness (QED) is 0.311. The van der Waals surface area contributed by atoms with Gasteiger partial charge < -0.3 is 25.2 Å². The monoisotopic (exact) mass is 569 g/mol. The van der Waals surface area contributed by atoms with E-state index in [2.05, 4.69) is 24.1 Å². The Labute approximate surface area is 242 Å². The second kappa shape index (κ2) is 17.7. The number of benzene rings is 2. The molecule has 0 aliphatic carbocycles. The number of hydrogen-bond donors (Lipinski definition) is 3. The Morgan fingerprint density at radius 2 is 1.46 bits per heavy atom. The van der Waals surface area contributed by atoms with Crippen molar-refractivity contribution in [2.75, 3.05) is 39.3 Å². The van der Waals surface area contributed by atoms with Gasteiger partial charge >= 0.3 is 11.9 Å². The number of carbonyl (C=O) groups is 4. The number of nitrogens with one attached hydrogen (secondary N) is 1. The Balaban J connectivity index is 0.000000883. The fourth-order valence-corrected chi connectivity index (χ4v) is 4.50. The van der Waals surface area contributed by atoms with Crippen LogP contribution in [-0.2, 0) is 20.8 Å². The van der Waals surface area contributed by atoms with E-state index in [4.69, 9.17) is 24.5 Å². The highest BCUT2D eigenvalue weighted by atomic mass is 16.5. The standard InChI is InChI=1S/C29H41N3O3.C2H2O4/c1-4-16-32(17-5-2)29(34)27(30-28(33)25-12-8-23(3)9-13-25)22-24-10-14-26(15-11-24)35-21-20-31-18-6-7-19-31;3-1(4)2(5)6/h8-15,27H,4-7,16-22H2,1-3H3,(H,30,33);(H,3,4)(H,5,6). The first-order valence-corrected chi connectivity index (χ1v) is 14.2. The number of aryl methyl sites for hydroxylation is 1. The van der Waals surface area contributed by atoms with E-state index in [0.29, 0.717) is 31.7 Å². The van der Waals surface area contributed by atoms with Gasteiger partial charge in [0.25, 0.3) is 5.91 Å². The van der Waals surface area contributed by atoms with E-state index in [9.17, 15) is 9.59 Å². The average molecular weight is 570 g/mol. The number of likely N-dealkylation sites (tertiary alicyclic amines) is 1. The van der Waals surface area contributed by atoms with Crippen LogP contribution in [0.3, 0.4) is 0 Å². The van der Waals surface area contributed by atoms with Crippen LogP contribution in [0.2, 0.25) is 0 Å². The SMILES string of the molecule is CCCN(CCC)C(=O)C(Cc1ccc(OCCN2CCCC2)cc1)NC(=O)c1ccc(C)cc1.O=C(O)C(=O)O. The molecule has 1 aliphatic rings. The maximum Gasteiger partial charge on any atom is 0.414 e. The zero-order chi connectivity index (χ0) is 30.2. The van der Waals surface area contributed by atoms with Gasteiger partial charge in [0.1, 0.15) is 18.4 Å². The first-order valence-electron chi connectivity index (χ1n) is 14.2. The minimum absolute atomic E-state index is 0.0277. The summed E-state index contributed by atoms with van der Waals surface area (Å²) in [6.45, 7) is 11.5. The summed E-state index contributed by atoms with van der Waals surface area (Å²) in [6, 6.07) is 14.7. The number of amides is 2. The summed E-state index contributed by atoms with van der Waals surface area (Å²) < 4.78 is 5.92. The number of carboxylic acids is 2. The smallest absolute Gasteiger partial charge is 0.414 e. The lowest BCUT2D eigenvalue weighted by molar-refractivity contribution is -0.159. The Kier molecular flexibility index (Phi) is 14.4. The highest BCUT2D eigenvalue weighted by molar-refractivity contribution is 6.27. The van der Waals surface area contributed by atoms with Crippen LogP contribution >= 0.6 is 0 Å². The lowest BCUT2D eigenvalue weighted by Crippen LogP contribution is -2.50. The lowest BCUT2D eigenvalue weighted by Gasteiger charge is -2.27. The molecular formula is C31H43N3O7. The van der Waals surface area contributed by atoms with E-state index >= 15 is 0 Å². The summed E-state index contributed by atoms with van der Waals surface area (Å²) in [4.78, 5) is 48.9. The Morgan fingerprint density at radius 1 is 0.902 bits per heavy atom. The molecule has 0 aromatic heterocycles. The fraction of sp³-hybridized carbons (Fsp3) is 0.484. The number of ether oxygens (including phenoxy) is 1. The maximum absolute atomic E-state index is 13.5. The van der Waals surface area contributed by atoms with E-state index < -0.39 is 18.0 Å². The third-order valence-corrected chi connectivity index (χ3v) is 6.64. The Bertz CT molecular complexity index is 1100. The number of nitrogens with zero attached hydrogens (tertiary/aromatic N) is 2. The minimum atomic E-state index is -1.82. The van der Waals surface area contributed by atoms with Crippen LogP contribution in [-0.4, -0.2) is 89.1 Å². The third kappa shape index (κ3) is 12.0. The molecule has 0 radical (unpaired) electrons. The van der Waals surface area contributed by atoms with Crippen LogP contribution in [0.5, 0.6) is 5.75 Å². The minimum Gasteiger partial charge on any atom is -0.492 e. The van der Waals surface area contributed by atoms with Crippen molar-refractivity contribution in [1.29, 1.82) is 0 Å². The number of carboxylic acid groups (broad SMARTS) is 2. The molecule has 1 atom stereocenters. The molecule has 1 heterocycles. The molecule has 2 amide bonds. The molecule has 1 fully saturated rings. The van der Waals surface area contributed by atoms with Crippen LogP contribution in [0.25, 0.3) is 0 Å². The highest BCUT2D eigenvalue weighted by Gasteiger charge is 2.26. The summed E-state index contributed by atoms with van der Waals surface area (Å²) in [7, 11) is 0. The van der Waals surface area contributed by atoms with Gasteiger partial charge in [0, 0.05) is 31.6 Å². The van der Waals surface area contributed by atoms with Crippen molar-refractivity contribution >= 4 is 23.8 Å². The largest absolute Gasteiger partial charge is 0.492 e. The van der Waals surface area contributed by atoms with Gasteiger partial charge in [0.05, 0.1) is 0 Å². The first-order chi connectivity index (χ1) is 19.6. The van der Waals surface area contributed by atoms with Crippen molar-refractivity contribution in [3.05, 3.63) is 65.2 Å². The highest BCUT2D eigenvalue weighted by Crippen LogP contribution is 2.16. The maximum atomic E-state index is 13.5. The summed E-state index contributed by atoms with van der Waals surface area (Å²) in [5.41, 5.74) is 2.65. The van der Waals surface area contributed by atoms with E-state index in [0.717, 1.165) is 36.3 Å². The van der Waals surface area contributed by atoms with Crippen LogP contribution in [0.15, 0.2) is 48.5 Å². The molecule has 10 nitrogen and oxygen atoms in total. The van der Waals surface area contributed by atoms with Gasteiger partial charge in [-0.2, -0.15) is 0 Å². The van der Waals surface area contributed by atoms with Gasteiger partial charge in [0.2, 0.25) is 5.91 Å². The molecule has 224 valence electrons. The van der Waals surface area contributed by atoms with E-state index in [-0.39, 0.29) is 11.8 Å². The van der Waals surface area contributed by atoms with Crippen molar-refractivity contribution in [3.8, 4) is 5.75 Å². The van der Waals surface area contributed by atoms with Crippen molar-refractivity contribution in [2.24, 2.45) is 0 Å². The number of carbonyl (C=O) groups excluding carboxylic acids is 2. The zero-order valence-corrected chi connectivity index (χ0v) is 24.3. The van der Waals surface area contributed by atoms with Gasteiger partial charge in [0.15, 0.2) is 0 Å². The summed E-state index contributed by atoms with van der Waals surface area (Å²) in [5.74, 6) is -3.07. The zero-order valence-electron chi connectivity index (χ0n) is 24.3. The first kappa shape index (κ1) is 33.3. The topological polar surface area (TPSA) is 136 Å². The molecular weight excluding hydrogens is 526 g/mol. The molecule has 10 heteroatoms.